The fourth-order valence-electron chi connectivity index (χ4n) is 2.79. The number of rotatable bonds is 5. The minimum absolute atomic E-state index is 0.291. The van der Waals surface area contributed by atoms with E-state index in [2.05, 4.69) is 27.8 Å². The maximum atomic E-state index is 13.0. The van der Waals surface area contributed by atoms with E-state index in [1.54, 1.807) is 35.8 Å². The largest absolute Gasteiger partial charge is 0.420 e. The molecule has 0 radical (unpaired) electrons. The lowest BCUT2D eigenvalue weighted by Crippen LogP contribution is -2.42. The maximum Gasteiger partial charge on any atom is 0.420 e. The van der Waals surface area contributed by atoms with E-state index in [9.17, 15) is 9.59 Å². The number of pyridine rings is 1. The van der Waals surface area contributed by atoms with Crippen LogP contribution in [0.3, 0.4) is 0 Å². The first kappa shape index (κ1) is 20.2. The maximum absolute atomic E-state index is 13.0. The SMILES string of the molecule is CC(C)(S)CN(C(=O)Oc1ccc(-c2cc(=O)[nH]o2)cc1)c1ccc2ncsc2n1. The van der Waals surface area contributed by atoms with Crippen molar-refractivity contribution in [3.8, 4) is 17.1 Å². The average molecular weight is 443 g/mol. The summed E-state index contributed by atoms with van der Waals surface area (Å²) in [6, 6.07) is 11.6. The van der Waals surface area contributed by atoms with E-state index < -0.39 is 10.8 Å². The zero-order valence-corrected chi connectivity index (χ0v) is 17.9. The second-order valence-corrected chi connectivity index (χ2v) is 9.26. The number of hydrogen-bond acceptors (Lipinski definition) is 8. The minimum Gasteiger partial charge on any atom is -0.410 e. The smallest absolute Gasteiger partial charge is 0.410 e. The zero-order valence-electron chi connectivity index (χ0n) is 16.2. The van der Waals surface area contributed by atoms with Crippen LogP contribution in [0.5, 0.6) is 5.75 Å². The Labute approximate surface area is 180 Å². The van der Waals surface area contributed by atoms with Crippen molar-refractivity contribution in [2.45, 2.75) is 18.6 Å². The van der Waals surface area contributed by atoms with Gasteiger partial charge in [-0.15, -0.1) is 11.3 Å². The first-order valence-electron chi connectivity index (χ1n) is 8.99. The molecule has 10 heteroatoms. The quantitative estimate of drug-likeness (QED) is 0.446. The lowest BCUT2D eigenvalue weighted by Gasteiger charge is -2.27. The molecule has 0 saturated heterocycles. The van der Waals surface area contributed by atoms with Gasteiger partial charge in [0.05, 0.1) is 11.6 Å². The van der Waals surface area contributed by atoms with Crippen LogP contribution in [0.1, 0.15) is 13.8 Å². The standard InChI is InChI=1S/C20H18N4O4S2/c1-20(2,29)10-24(16-8-7-14-18(22-16)30-11-21-14)19(26)27-13-5-3-12(4-6-13)15-9-17(25)23-28-15/h3-9,11,29H,10H2,1-2H3,(H,23,25). The molecular weight excluding hydrogens is 424 g/mol. The van der Waals surface area contributed by atoms with Gasteiger partial charge in [0.25, 0.3) is 5.56 Å². The molecule has 8 nitrogen and oxygen atoms in total. The van der Waals surface area contributed by atoms with Crippen molar-refractivity contribution in [2.24, 2.45) is 0 Å². The summed E-state index contributed by atoms with van der Waals surface area (Å²) in [6.07, 6.45) is -0.575. The molecule has 3 aromatic heterocycles. The summed E-state index contributed by atoms with van der Waals surface area (Å²) < 4.78 is 10.2. The van der Waals surface area contributed by atoms with Crippen molar-refractivity contribution in [3.05, 3.63) is 58.3 Å². The molecule has 0 aliphatic rings. The fraction of sp³-hybridized carbons (Fsp3) is 0.200. The monoisotopic (exact) mass is 442 g/mol. The van der Waals surface area contributed by atoms with Crippen molar-refractivity contribution >= 4 is 46.2 Å². The number of H-pyrrole nitrogens is 1. The molecule has 1 N–H and O–H groups in total. The van der Waals surface area contributed by atoms with Crippen LogP contribution in [-0.4, -0.2) is 32.5 Å². The second kappa shape index (κ2) is 7.96. The van der Waals surface area contributed by atoms with Crippen molar-refractivity contribution in [1.29, 1.82) is 0 Å². The Bertz CT molecular complexity index is 1240. The number of fused-ring (bicyclic) bond motifs is 1. The first-order chi connectivity index (χ1) is 14.3. The highest BCUT2D eigenvalue weighted by molar-refractivity contribution is 7.81. The number of carbonyl (C=O) groups is 1. The van der Waals surface area contributed by atoms with Crippen LogP contribution in [-0.2, 0) is 0 Å². The van der Waals surface area contributed by atoms with Gasteiger partial charge in [0, 0.05) is 16.9 Å². The summed E-state index contributed by atoms with van der Waals surface area (Å²) in [5, 5.41) is 2.24. The van der Waals surface area contributed by atoms with E-state index in [4.69, 9.17) is 9.26 Å². The summed E-state index contributed by atoms with van der Waals surface area (Å²) in [7, 11) is 0. The molecule has 0 aliphatic carbocycles. The highest BCUT2D eigenvalue weighted by Gasteiger charge is 2.26. The number of aromatic amines is 1. The van der Waals surface area contributed by atoms with Crippen molar-refractivity contribution in [1.82, 2.24) is 15.1 Å². The second-order valence-electron chi connectivity index (χ2n) is 7.21. The summed E-state index contributed by atoms with van der Waals surface area (Å²) in [5.41, 5.74) is 2.84. The molecule has 0 spiro atoms. The van der Waals surface area contributed by atoms with Crippen LogP contribution in [0, 0.1) is 0 Å². The fourth-order valence-corrected chi connectivity index (χ4v) is 3.58. The van der Waals surface area contributed by atoms with Crippen LogP contribution in [0.2, 0.25) is 0 Å². The van der Waals surface area contributed by atoms with E-state index >= 15 is 0 Å². The van der Waals surface area contributed by atoms with Gasteiger partial charge in [-0.25, -0.2) is 14.8 Å². The van der Waals surface area contributed by atoms with Crippen LogP contribution in [0.25, 0.3) is 21.7 Å². The molecular formula is C20H18N4O4S2. The molecule has 0 bridgehead atoms. The third kappa shape index (κ3) is 4.55. The zero-order chi connectivity index (χ0) is 21.3. The van der Waals surface area contributed by atoms with Gasteiger partial charge in [-0.2, -0.15) is 17.8 Å². The molecule has 0 atom stereocenters. The van der Waals surface area contributed by atoms with E-state index in [-0.39, 0.29) is 5.56 Å². The van der Waals surface area contributed by atoms with Crippen molar-refractivity contribution < 1.29 is 14.1 Å². The number of nitrogens with zero attached hydrogens (tertiary/aromatic N) is 3. The van der Waals surface area contributed by atoms with Gasteiger partial charge in [-0.3, -0.25) is 9.69 Å². The summed E-state index contributed by atoms with van der Waals surface area (Å²) >= 11 is 5.96. The molecule has 4 rings (SSSR count). The van der Waals surface area contributed by atoms with Gasteiger partial charge in [-0.1, -0.05) is 0 Å². The summed E-state index contributed by atoms with van der Waals surface area (Å²) in [4.78, 5) is 35.1. The number of carbonyl (C=O) groups excluding carboxylic acids is 1. The topological polar surface area (TPSA) is 101 Å². The predicted octanol–water partition coefficient (Wildman–Crippen LogP) is 4.35. The number of ether oxygens (including phenoxy) is 1. The number of hydrogen-bond donors (Lipinski definition) is 2. The molecule has 1 amide bonds. The number of benzene rings is 1. The van der Waals surface area contributed by atoms with Crippen LogP contribution < -0.4 is 15.2 Å². The number of nitrogens with one attached hydrogen (secondary N) is 1. The number of thiazole rings is 1. The van der Waals surface area contributed by atoms with Gasteiger partial charge >= 0.3 is 6.09 Å². The number of anilines is 1. The molecule has 0 fully saturated rings. The Kier molecular flexibility index (Phi) is 5.35. The highest BCUT2D eigenvalue weighted by Crippen LogP contribution is 2.26. The van der Waals surface area contributed by atoms with Crippen LogP contribution in [0.4, 0.5) is 10.6 Å². The van der Waals surface area contributed by atoms with E-state index in [0.29, 0.717) is 29.4 Å². The number of thiol groups is 1. The van der Waals surface area contributed by atoms with Gasteiger partial charge in [0.2, 0.25) is 0 Å². The molecule has 30 heavy (non-hydrogen) atoms. The van der Waals surface area contributed by atoms with Gasteiger partial charge in [0.15, 0.2) is 5.76 Å². The van der Waals surface area contributed by atoms with E-state index in [1.807, 2.05) is 19.9 Å². The summed E-state index contributed by atoms with van der Waals surface area (Å²) in [6.45, 7) is 4.10. The van der Waals surface area contributed by atoms with Crippen LogP contribution in [0.15, 0.2) is 57.3 Å². The molecule has 3 heterocycles. The van der Waals surface area contributed by atoms with Crippen molar-refractivity contribution in [2.75, 3.05) is 11.4 Å². The number of aromatic nitrogens is 3. The lowest BCUT2D eigenvalue weighted by molar-refractivity contribution is 0.207. The lowest BCUT2D eigenvalue weighted by atomic mass is 10.2. The Morgan fingerprint density at radius 2 is 2.03 bits per heavy atom. The summed E-state index contributed by atoms with van der Waals surface area (Å²) in [5.74, 6) is 1.21. The molecule has 4 aromatic rings. The molecule has 0 unspecified atom stereocenters. The molecule has 154 valence electrons. The Morgan fingerprint density at radius 1 is 1.27 bits per heavy atom. The Balaban J connectivity index is 1.57. The molecule has 0 aliphatic heterocycles. The minimum atomic E-state index is -0.575. The third-order valence-electron chi connectivity index (χ3n) is 4.09. The Morgan fingerprint density at radius 3 is 2.70 bits per heavy atom. The highest BCUT2D eigenvalue weighted by atomic mass is 32.1. The van der Waals surface area contributed by atoms with Gasteiger partial charge in [0.1, 0.15) is 21.9 Å². The van der Waals surface area contributed by atoms with Crippen molar-refractivity contribution in [3.63, 3.8) is 0 Å². The average Bonchev–Trinajstić information content (AvgIpc) is 3.34. The molecule has 0 saturated carbocycles. The first-order valence-corrected chi connectivity index (χ1v) is 10.3. The normalized spacial score (nSPS) is 11.6. The van der Waals surface area contributed by atoms with Crippen LogP contribution >= 0.6 is 24.0 Å². The van der Waals surface area contributed by atoms with Gasteiger partial charge in [-0.05, 0) is 50.2 Å². The molecule has 1 aromatic carbocycles. The Hall–Kier alpha value is -3.11. The van der Waals surface area contributed by atoms with E-state index in [1.165, 1.54) is 22.3 Å². The van der Waals surface area contributed by atoms with Gasteiger partial charge < -0.3 is 9.26 Å². The predicted molar refractivity (Wildman–Crippen MR) is 119 cm³/mol. The third-order valence-corrected chi connectivity index (χ3v) is 4.97. The van der Waals surface area contributed by atoms with E-state index in [0.717, 1.165) is 10.3 Å². The number of amides is 1.